The van der Waals surface area contributed by atoms with Crippen molar-refractivity contribution in [1.29, 1.82) is 0 Å². The number of benzene rings is 2. The van der Waals surface area contributed by atoms with E-state index in [0.717, 1.165) is 11.1 Å². The van der Waals surface area contributed by atoms with Gasteiger partial charge in [-0.3, -0.25) is 0 Å². The maximum Gasteiger partial charge on any atom is 0.363 e. The number of aliphatic imine (C=N–C) groups is 1. The summed E-state index contributed by atoms with van der Waals surface area (Å²) in [5.41, 5.74) is 2.57. The van der Waals surface area contributed by atoms with E-state index >= 15 is 0 Å². The van der Waals surface area contributed by atoms with Gasteiger partial charge in [0, 0.05) is 5.56 Å². The van der Waals surface area contributed by atoms with Crippen LogP contribution in [0.4, 0.5) is 4.39 Å². The lowest BCUT2D eigenvalue weighted by Crippen LogP contribution is -2.05. The SMILES string of the molecule is Cc1ccc(C2=N/C(=C\c3cccc(F)c3)C(=O)O2)cc1. The number of aryl methyl sites for hydroxylation is 1. The zero-order valence-electron chi connectivity index (χ0n) is 11.3. The minimum atomic E-state index is -0.533. The molecule has 104 valence electrons. The molecule has 3 nitrogen and oxygen atoms in total. The minimum Gasteiger partial charge on any atom is -0.402 e. The molecule has 4 heteroatoms. The molecule has 0 spiro atoms. The lowest BCUT2D eigenvalue weighted by Gasteiger charge is -1.99. The van der Waals surface area contributed by atoms with Gasteiger partial charge in [0.15, 0.2) is 5.70 Å². The normalized spacial score (nSPS) is 16.0. The molecular formula is C17H12FNO2. The van der Waals surface area contributed by atoms with E-state index in [0.29, 0.717) is 5.56 Å². The molecule has 0 amide bonds. The Hall–Kier alpha value is -2.75. The van der Waals surface area contributed by atoms with E-state index in [9.17, 15) is 9.18 Å². The Morgan fingerprint density at radius 3 is 2.62 bits per heavy atom. The van der Waals surface area contributed by atoms with Gasteiger partial charge in [-0.15, -0.1) is 0 Å². The van der Waals surface area contributed by atoms with Crippen LogP contribution in [0.1, 0.15) is 16.7 Å². The van der Waals surface area contributed by atoms with Crippen molar-refractivity contribution in [3.8, 4) is 0 Å². The number of cyclic esters (lactones) is 1. The number of esters is 1. The Balaban J connectivity index is 1.93. The van der Waals surface area contributed by atoms with Crippen LogP contribution in [0, 0.1) is 12.7 Å². The first-order valence-corrected chi connectivity index (χ1v) is 6.47. The highest BCUT2D eigenvalue weighted by Gasteiger charge is 2.23. The van der Waals surface area contributed by atoms with Gasteiger partial charge in [0.05, 0.1) is 0 Å². The molecule has 0 N–H and O–H groups in total. The fraction of sp³-hybridized carbons (Fsp3) is 0.0588. The smallest absolute Gasteiger partial charge is 0.363 e. The molecular weight excluding hydrogens is 269 g/mol. The molecule has 1 aliphatic heterocycles. The van der Waals surface area contributed by atoms with E-state index in [1.54, 1.807) is 12.1 Å². The Labute approximate surface area is 121 Å². The second-order valence-electron chi connectivity index (χ2n) is 4.76. The van der Waals surface area contributed by atoms with Crippen LogP contribution in [0.5, 0.6) is 0 Å². The van der Waals surface area contributed by atoms with Crippen LogP contribution in [0.3, 0.4) is 0 Å². The summed E-state index contributed by atoms with van der Waals surface area (Å²) in [6.07, 6.45) is 1.51. The summed E-state index contributed by atoms with van der Waals surface area (Å²) in [5.74, 6) is -0.629. The summed E-state index contributed by atoms with van der Waals surface area (Å²) in [5, 5.41) is 0. The number of halogens is 1. The third-order valence-corrected chi connectivity index (χ3v) is 3.07. The molecule has 21 heavy (non-hydrogen) atoms. The fourth-order valence-electron chi connectivity index (χ4n) is 1.98. The third-order valence-electron chi connectivity index (χ3n) is 3.07. The summed E-state index contributed by atoms with van der Waals surface area (Å²) >= 11 is 0. The van der Waals surface area contributed by atoms with Crippen molar-refractivity contribution < 1.29 is 13.9 Å². The Morgan fingerprint density at radius 2 is 1.90 bits per heavy atom. The molecule has 0 fully saturated rings. The predicted octanol–water partition coefficient (Wildman–Crippen LogP) is 3.48. The summed E-state index contributed by atoms with van der Waals surface area (Å²) in [4.78, 5) is 16.0. The largest absolute Gasteiger partial charge is 0.402 e. The monoisotopic (exact) mass is 281 g/mol. The van der Waals surface area contributed by atoms with Gasteiger partial charge in [-0.1, -0.05) is 29.8 Å². The van der Waals surface area contributed by atoms with E-state index in [2.05, 4.69) is 4.99 Å². The highest BCUT2D eigenvalue weighted by Crippen LogP contribution is 2.19. The molecule has 0 aromatic heterocycles. The van der Waals surface area contributed by atoms with Crippen LogP contribution in [0.15, 0.2) is 59.2 Å². The zero-order chi connectivity index (χ0) is 14.8. The van der Waals surface area contributed by atoms with Crippen LogP contribution in [0.25, 0.3) is 6.08 Å². The van der Waals surface area contributed by atoms with E-state index in [-0.39, 0.29) is 17.4 Å². The van der Waals surface area contributed by atoms with Gasteiger partial charge in [0.25, 0.3) is 0 Å². The highest BCUT2D eigenvalue weighted by atomic mass is 19.1. The van der Waals surface area contributed by atoms with Crippen LogP contribution in [-0.4, -0.2) is 11.9 Å². The van der Waals surface area contributed by atoms with Crippen molar-refractivity contribution in [2.75, 3.05) is 0 Å². The summed E-state index contributed by atoms with van der Waals surface area (Å²) in [6.45, 7) is 1.97. The quantitative estimate of drug-likeness (QED) is 0.624. The maximum atomic E-state index is 13.1. The Kier molecular flexibility index (Phi) is 3.36. The summed E-state index contributed by atoms with van der Waals surface area (Å²) < 4.78 is 18.3. The molecule has 0 radical (unpaired) electrons. The molecule has 2 aromatic carbocycles. The van der Waals surface area contributed by atoms with Gasteiger partial charge >= 0.3 is 5.97 Å². The van der Waals surface area contributed by atoms with E-state index < -0.39 is 5.97 Å². The van der Waals surface area contributed by atoms with Crippen LogP contribution in [-0.2, 0) is 9.53 Å². The lowest BCUT2D eigenvalue weighted by atomic mass is 10.1. The van der Waals surface area contributed by atoms with Crippen molar-refractivity contribution in [3.63, 3.8) is 0 Å². The van der Waals surface area contributed by atoms with Gasteiger partial charge in [-0.2, -0.15) is 0 Å². The molecule has 0 bridgehead atoms. The molecule has 1 aliphatic rings. The molecule has 3 rings (SSSR count). The van der Waals surface area contributed by atoms with Gasteiger partial charge in [0.2, 0.25) is 5.90 Å². The summed E-state index contributed by atoms with van der Waals surface area (Å²) in [7, 11) is 0. The standard InChI is InChI=1S/C17H12FNO2/c1-11-5-7-13(8-6-11)16-19-15(17(20)21-16)10-12-3-2-4-14(18)9-12/h2-10H,1H3/b15-10-. The fourth-order valence-corrected chi connectivity index (χ4v) is 1.98. The Bertz CT molecular complexity index is 761. The predicted molar refractivity (Wildman–Crippen MR) is 78.2 cm³/mol. The van der Waals surface area contributed by atoms with E-state index in [1.165, 1.54) is 18.2 Å². The molecule has 0 atom stereocenters. The molecule has 1 heterocycles. The number of carbonyl (C=O) groups excluding carboxylic acids is 1. The number of hydrogen-bond acceptors (Lipinski definition) is 3. The van der Waals surface area contributed by atoms with Gasteiger partial charge in [-0.05, 0) is 42.8 Å². The van der Waals surface area contributed by atoms with E-state index in [4.69, 9.17) is 4.74 Å². The molecule has 2 aromatic rings. The number of rotatable bonds is 2. The van der Waals surface area contributed by atoms with Gasteiger partial charge in [-0.25, -0.2) is 14.2 Å². The molecule has 0 saturated heterocycles. The average Bonchev–Trinajstić information content (AvgIpc) is 2.81. The minimum absolute atomic E-state index is 0.163. The molecule has 0 saturated carbocycles. The number of hydrogen-bond donors (Lipinski definition) is 0. The van der Waals surface area contributed by atoms with Gasteiger partial charge < -0.3 is 4.74 Å². The zero-order valence-corrected chi connectivity index (χ0v) is 11.3. The van der Waals surface area contributed by atoms with Crippen molar-refractivity contribution in [2.45, 2.75) is 6.92 Å². The van der Waals surface area contributed by atoms with Crippen molar-refractivity contribution in [2.24, 2.45) is 4.99 Å². The third kappa shape index (κ3) is 2.89. The van der Waals surface area contributed by atoms with E-state index in [1.807, 2.05) is 31.2 Å². The number of ether oxygens (including phenoxy) is 1. The van der Waals surface area contributed by atoms with Crippen molar-refractivity contribution in [3.05, 3.63) is 76.7 Å². The van der Waals surface area contributed by atoms with Crippen LogP contribution < -0.4 is 0 Å². The number of carbonyl (C=O) groups is 1. The second-order valence-corrected chi connectivity index (χ2v) is 4.76. The molecule has 0 unspecified atom stereocenters. The lowest BCUT2D eigenvalue weighted by molar-refractivity contribution is -0.129. The average molecular weight is 281 g/mol. The first-order valence-electron chi connectivity index (χ1n) is 6.47. The van der Waals surface area contributed by atoms with Gasteiger partial charge in [0.1, 0.15) is 5.82 Å². The number of nitrogens with zero attached hydrogens (tertiary/aromatic N) is 1. The van der Waals surface area contributed by atoms with Crippen molar-refractivity contribution in [1.82, 2.24) is 0 Å². The highest BCUT2D eigenvalue weighted by molar-refractivity contribution is 6.12. The topological polar surface area (TPSA) is 38.7 Å². The van der Waals surface area contributed by atoms with Crippen molar-refractivity contribution >= 4 is 17.9 Å². The molecule has 0 aliphatic carbocycles. The first-order chi connectivity index (χ1) is 10.1. The maximum absolute atomic E-state index is 13.1. The Morgan fingerprint density at radius 1 is 1.14 bits per heavy atom. The second kappa shape index (κ2) is 5.32. The van der Waals surface area contributed by atoms with Crippen LogP contribution >= 0.6 is 0 Å². The first kappa shape index (κ1) is 13.2. The summed E-state index contributed by atoms with van der Waals surface area (Å²) in [6, 6.07) is 13.5. The van der Waals surface area contributed by atoms with Crippen LogP contribution in [0.2, 0.25) is 0 Å².